The van der Waals surface area contributed by atoms with Gasteiger partial charge in [-0.05, 0) is 61.7 Å². The highest BCUT2D eigenvalue weighted by molar-refractivity contribution is 7.15. The first kappa shape index (κ1) is 21.3. The molecule has 0 radical (unpaired) electrons. The Bertz CT molecular complexity index is 1160. The Labute approximate surface area is 180 Å². The number of benzene rings is 1. The second-order valence-electron chi connectivity index (χ2n) is 7.47. The van der Waals surface area contributed by atoms with Crippen molar-refractivity contribution in [1.29, 1.82) is 0 Å². The number of aryl methyl sites for hydroxylation is 2. The summed E-state index contributed by atoms with van der Waals surface area (Å²) in [5.74, 6) is -0.228. The van der Waals surface area contributed by atoms with Crippen LogP contribution in [-0.4, -0.2) is 27.5 Å². The van der Waals surface area contributed by atoms with E-state index in [1.807, 2.05) is 0 Å². The minimum atomic E-state index is -4.75. The van der Waals surface area contributed by atoms with E-state index in [1.165, 1.54) is 17.4 Å². The summed E-state index contributed by atoms with van der Waals surface area (Å²) < 4.78 is 43.3. The van der Waals surface area contributed by atoms with E-state index in [-0.39, 0.29) is 23.7 Å². The van der Waals surface area contributed by atoms with Gasteiger partial charge in [-0.3, -0.25) is 9.59 Å². The molecule has 1 unspecified atom stereocenters. The molecule has 0 N–H and O–H groups in total. The van der Waals surface area contributed by atoms with Gasteiger partial charge < -0.3 is 9.30 Å². The van der Waals surface area contributed by atoms with E-state index in [4.69, 9.17) is 0 Å². The lowest BCUT2D eigenvalue weighted by atomic mass is 9.97. The van der Waals surface area contributed by atoms with Crippen molar-refractivity contribution in [3.63, 3.8) is 0 Å². The summed E-state index contributed by atoms with van der Waals surface area (Å²) in [6.07, 6.45) is -2.05. The van der Waals surface area contributed by atoms with Gasteiger partial charge in [-0.15, -0.1) is 24.5 Å². The topological polar surface area (TPSA) is 61.2 Å². The van der Waals surface area contributed by atoms with Gasteiger partial charge in [0, 0.05) is 12.6 Å². The van der Waals surface area contributed by atoms with Crippen LogP contribution in [0.2, 0.25) is 0 Å². The third-order valence-electron chi connectivity index (χ3n) is 5.25. The van der Waals surface area contributed by atoms with E-state index in [2.05, 4.69) is 9.72 Å². The lowest BCUT2D eigenvalue weighted by Gasteiger charge is -2.24. The van der Waals surface area contributed by atoms with Gasteiger partial charge in [0.15, 0.2) is 11.6 Å². The van der Waals surface area contributed by atoms with E-state index in [9.17, 15) is 22.8 Å². The minimum Gasteiger partial charge on any atom is -0.406 e. The van der Waals surface area contributed by atoms with Crippen LogP contribution in [0.3, 0.4) is 0 Å². The average Bonchev–Trinajstić information content (AvgIpc) is 3.30. The van der Waals surface area contributed by atoms with Crippen LogP contribution in [0.5, 0.6) is 5.75 Å². The van der Waals surface area contributed by atoms with E-state index < -0.39 is 12.4 Å². The zero-order valence-corrected chi connectivity index (χ0v) is 17.6. The van der Waals surface area contributed by atoms with Crippen molar-refractivity contribution in [2.24, 2.45) is 0 Å². The fourth-order valence-corrected chi connectivity index (χ4v) is 4.92. The molecule has 0 fully saturated rings. The Morgan fingerprint density at radius 3 is 2.77 bits per heavy atom. The predicted molar refractivity (Wildman–Crippen MR) is 109 cm³/mol. The summed E-state index contributed by atoms with van der Waals surface area (Å²) in [4.78, 5) is 30.2. The molecule has 0 aliphatic carbocycles. The average molecular weight is 448 g/mol. The first-order chi connectivity index (χ1) is 14.6. The SMILES string of the molecule is Cc1cc(-c2sc(CC(=O)C3CCC(=O)c4cccn43)nc2C)ccc1OC(F)(F)F. The van der Waals surface area contributed by atoms with Gasteiger partial charge in [-0.25, -0.2) is 4.98 Å². The molecule has 0 amide bonds. The van der Waals surface area contributed by atoms with E-state index >= 15 is 0 Å². The van der Waals surface area contributed by atoms with E-state index in [1.54, 1.807) is 48.9 Å². The lowest BCUT2D eigenvalue weighted by molar-refractivity contribution is -0.274. The normalized spacial score (nSPS) is 16.3. The van der Waals surface area contributed by atoms with Gasteiger partial charge in [-0.2, -0.15) is 0 Å². The third kappa shape index (κ3) is 4.41. The van der Waals surface area contributed by atoms with Crippen LogP contribution in [0.25, 0.3) is 10.4 Å². The fraction of sp³-hybridized carbons (Fsp3) is 0.318. The highest BCUT2D eigenvalue weighted by Gasteiger charge is 2.32. The Balaban J connectivity index is 1.54. The molecule has 3 aromatic rings. The second-order valence-corrected chi connectivity index (χ2v) is 8.56. The Morgan fingerprint density at radius 1 is 1.29 bits per heavy atom. The second kappa shape index (κ2) is 7.96. The van der Waals surface area contributed by atoms with Crippen LogP contribution in [-0.2, 0) is 11.2 Å². The molecule has 3 heterocycles. The third-order valence-corrected chi connectivity index (χ3v) is 6.45. The molecule has 0 spiro atoms. The largest absolute Gasteiger partial charge is 0.573 e. The van der Waals surface area contributed by atoms with E-state index in [0.717, 1.165) is 10.4 Å². The number of nitrogens with zero attached hydrogens (tertiary/aromatic N) is 2. The van der Waals surface area contributed by atoms with Gasteiger partial charge in [-0.1, -0.05) is 0 Å². The highest BCUT2D eigenvalue weighted by atomic mass is 32.1. The molecule has 0 bridgehead atoms. The molecule has 1 aliphatic rings. The van der Waals surface area contributed by atoms with Crippen molar-refractivity contribution in [1.82, 2.24) is 9.55 Å². The number of aromatic nitrogens is 2. The number of thiazole rings is 1. The van der Waals surface area contributed by atoms with Crippen LogP contribution in [0.1, 0.15) is 45.6 Å². The smallest absolute Gasteiger partial charge is 0.406 e. The maximum Gasteiger partial charge on any atom is 0.573 e. The van der Waals surface area contributed by atoms with Gasteiger partial charge in [0.1, 0.15) is 10.8 Å². The van der Waals surface area contributed by atoms with Gasteiger partial charge in [0.05, 0.1) is 28.7 Å². The monoisotopic (exact) mass is 448 g/mol. The van der Waals surface area contributed by atoms with Crippen LogP contribution in [0, 0.1) is 13.8 Å². The quantitative estimate of drug-likeness (QED) is 0.520. The molecule has 4 rings (SSSR count). The first-order valence-corrected chi connectivity index (χ1v) is 10.5. The molecule has 162 valence electrons. The van der Waals surface area contributed by atoms with Crippen LogP contribution in [0.4, 0.5) is 13.2 Å². The van der Waals surface area contributed by atoms with Crippen LogP contribution >= 0.6 is 11.3 Å². The van der Waals surface area contributed by atoms with Crippen molar-refractivity contribution < 1.29 is 27.5 Å². The summed E-state index contributed by atoms with van der Waals surface area (Å²) in [6, 6.07) is 7.55. The predicted octanol–water partition coefficient (Wildman–Crippen LogP) is 5.46. The first-order valence-electron chi connectivity index (χ1n) is 9.68. The number of hydrogen-bond donors (Lipinski definition) is 0. The number of halogens is 3. The number of carbonyl (C=O) groups excluding carboxylic acids is 2. The molecule has 0 saturated carbocycles. The van der Waals surface area contributed by atoms with Crippen LogP contribution < -0.4 is 4.74 Å². The lowest BCUT2D eigenvalue weighted by Crippen LogP contribution is -2.28. The summed E-state index contributed by atoms with van der Waals surface area (Å²) in [6.45, 7) is 3.35. The van der Waals surface area contributed by atoms with Crippen molar-refractivity contribution in [2.75, 3.05) is 0 Å². The zero-order chi connectivity index (χ0) is 22.3. The minimum absolute atomic E-state index is 0.0182. The molecule has 1 aromatic carbocycles. The Morgan fingerprint density at radius 2 is 2.06 bits per heavy atom. The summed E-state index contributed by atoms with van der Waals surface area (Å²) >= 11 is 1.35. The number of Topliss-reactive ketones (excluding diaryl/α,β-unsaturated/α-hetero) is 2. The number of alkyl halides is 3. The van der Waals surface area contributed by atoms with Gasteiger partial charge >= 0.3 is 6.36 Å². The Hall–Kier alpha value is -2.94. The molecule has 1 aliphatic heterocycles. The molecule has 1 atom stereocenters. The van der Waals surface area contributed by atoms with Crippen molar-refractivity contribution >= 4 is 22.9 Å². The molecule has 5 nitrogen and oxygen atoms in total. The highest BCUT2D eigenvalue weighted by Crippen LogP contribution is 2.35. The number of carbonyl (C=O) groups is 2. The molecule has 2 aromatic heterocycles. The summed E-state index contributed by atoms with van der Waals surface area (Å²) in [7, 11) is 0. The number of rotatable bonds is 5. The molecule has 0 saturated heterocycles. The van der Waals surface area contributed by atoms with Gasteiger partial charge in [0.2, 0.25) is 0 Å². The van der Waals surface area contributed by atoms with E-state index in [0.29, 0.717) is 34.8 Å². The maximum atomic E-state index is 12.9. The zero-order valence-electron chi connectivity index (χ0n) is 16.8. The van der Waals surface area contributed by atoms with Crippen molar-refractivity contribution in [2.45, 2.75) is 45.5 Å². The number of fused-ring (bicyclic) bond motifs is 1. The van der Waals surface area contributed by atoms with Crippen molar-refractivity contribution in [3.05, 3.63) is 58.5 Å². The maximum absolute atomic E-state index is 12.9. The summed E-state index contributed by atoms with van der Waals surface area (Å²) in [5, 5.41) is 0.636. The number of hydrogen-bond acceptors (Lipinski definition) is 5. The number of ketones is 2. The number of ether oxygens (including phenoxy) is 1. The fourth-order valence-electron chi connectivity index (χ4n) is 3.85. The summed E-state index contributed by atoms with van der Waals surface area (Å²) in [5.41, 5.74) is 2.33. The Kier molecular flexibility index (Phi) is 5.47. The molecule has 9 heteroatoms. The molecule has 31 heavy (non-hydrogen) atoms. The molecular weight excluding hydrogens is 429 g/mol. The molecular formula is C22H19F3N2O3S. The van der Waals surface area contributed by atoms with Gasteiger partial charge in [0.25, 0.3) is 0 Å². The van der Waals surface area contributed by atoms with Crippen molar-refractivity contribution in [3.8, 4) is 16.2 Å². The van der Waals surface area contributed by atoms with Crippen LogP contribution in [0.15, 0.2) is 36.5 Å². The standard InChI is InChI=1S/C22H19F3N2O3S/c1-12-10-14(5-8-19(12)30-22(23,24)25)21-13(2)26-20(31-21)11-18(29)16-6-7-17(28)15-4-3-9-27(15)16/h3-5,8-10,16H,6-7,11H2,1-2H3.